The molecule has 0 atom stereocenters. The maximum atomic E-state index is 12.6. The van der Waals surface area contributed by atoms with E-state index in [0.29, 0.717) is 18.8 Å². The summed E-state index contributed by atoms with van der Waals surface area (Å²) in [5.41, 5.74) is 4.65. The highest BCUT2D eigenvalue weighted by atomic mass is 16.5. The monoisotopic (exact) mass is 352 g/mol. The summed E-state index contributed by atoms with van der Waals surface area (Å²) in [5.74, 6) is 1.26. The van der Waals surface area contributed by atoms with Crippen LogP contribution in [0.2, 0.25) is 0 Å². The molecule has 0 saturated heterocycles. The van der Waals surface area contributed by atoms with Crippen LogP contribution in [0.4, 0.5) is 0 Å². The van der Waals surface area contributed by atoms with Gasteiger partial charge in [-0.05, 0) is 43.0 Å². The van der Waals surface area contributed by atoms with Crippen LogP contribution in [0.3, 0.4) is 0 Å². The zero-order valence-corrected chi connectivity index (χ0v) is 14.8. The first-order chi connectivity index (χ1) is 12.7. The Morgan fingerprint density at radius 1 is 1.27 bits per heavy atom. The molecule has 3 aromatic rings. The SMILES string of the molecule is CCOC(=O)c1c2c(cn1Cc1ccc(OC)cc1)-c1oncc1CC2. The second-order valence-electron chi connectivity index (χ2n) is 6.25. The summed E-state index contributed by atoms with van der Waals surface area (Å²) in [6.45, 7) is 2.72. The maximum absolute atomic E-state index is 12.6. The predicted octanol–water partition coefficient (Wildman–Crippen LogP) is 3.48. The van der Waals surface area contributed by atoms with Crippen molar-refractivity contribution >= 4 is 5.97 Å². The van der Waals surface area contributed by atoms with Gasteiger partial charge in [-0.15, -0.1) is 0 Å². The highest BCUT2D eigenvalue weighted by Gasteiger charge is 2.29. The number of methoxy groups -OCH3 is 1. The van der Waals surface area contributed by atoms with Crippen LogP contribution in [0.5, 0.6) is 5.75 Å². The van der Waals surface area contributed by atoms with Gasteiger partial charge in [0.1, 0.15) is 11.4 Å². The normalized spacial score (nSPS) is 12.4. The minimum Gasteiger partial charge on any atom is -0.497 e. The first kappa shape index (κ1) is 16.4. The molecule has 26 heavy (non-hydrogen) atoms. The number of fused-ring (bicyclic) bond motifs is 3. The van der Waals surface area contributed by atoms with E-state index >= 15 is 0 Å². The van der Waals surface area contributed by atoms with Crippen molar-refractivity contribution in [2.75, 3.05) is 13.7 Å². The van der Waals surface area contributed by atoms with Crippen LogP contribution in [-0.4, -0.2) is 29.4 Å². The average Bonchev–Trinajstić information content (AvgIpc) is 3.26. The van der Waals surface area contributed by atoms with Crippen LogP contribution < -0.4 is 4.74 Å². The largest absolute Gasteiger partial charge is 0.497 e. The minimum atomic E-state index is -0.301. The van der Waals surface area contributed by atoms with Gasteiger partial charge in [0.25, 0.3) is 0 Å². The van der Waals surface area contributed by atoms with Crippen molar-refractivity contribution in [1.82, 2.24) is 9.72 Å². The Balaban J connectivity index is 1.77. The van der Waals surface area contributed by atoms with Gasteiger partial charge in [0.05, 0.1) is 19.9 Å². The number of aryl methyl sites for hydroxylation is 1. The van der Waals surface area contributed by atoms with Gasteiger partial charge in [0.2, 0.25) is 0 Å². The van der Waals surface area contributed by atoms with Crippen molar-refractivity contribution in [1.29, 1.82) is 0 Å². The number of benzene rings is 1. The van der Waals surface area contributed by atoms with Crippen LogP contribution in [0.25, 0.3) is 11.3 Å². The minimum absolute atomic E-state index is 0.301. The van der Waals surface area contributed by atoms with Crippen LogP contribution in [0, 0.1) is 0 Å². The quantitative estimate of drug-likeness (QED) is 0.658. The summed E-state index contributed by atoms with van der Waals surface area (Å²) in [6, 6.07) is 7.81. The first-order valence-electron chi connectivity index (χ1n) is 8.67. The second kappa shape index (κ2) is 6.71. The molecule has 6 nitrogen and oxygen atoms in total. The van der Waals surface area contributed by atoms with Gasteiger partial charge in [-0.25, -0.2) is 4.79 Å². The van der Waals surface area contributed by atoms with Gasteiger partial charge < -0.3 is 18.6 Å². The molecule has 134 valence electrons. The summed E-state index contributed by atoms with van der Waals surface area (Å²) in [6.07, 6.45) is 5.30. The van der Waals surface area contributed by atoms with E-state index in [1.54, 1.807) is 13.3 Å². The topological polar surface area (TPSA) is 66.5 Å². The van der Waals surface area contributed by atoms with Gasteiger partial charge in [-0.3, -0.25) is 0 Å². The lowest BCUT2D eigenvalue weighted by atomic mass is 9.93. The molecule has 6 heteroatoms. The molecule has 1 aromatic carbocycles. The fraction of sp³-hybridized carbons (Fsp3) is 0.300. The Morgan fingerprint density at radius 3 is 2.81 bits per heavy atom. The molecule has 2 heterocycles. The van der Waals surface area contributed by atoms with Crippen molar-refractivity contribution in [2.45, 2.75) is 26.3 Å². The Labute approximate surface area is 151 Å². The van der Waals surface area contributed by atoms with Crippen molar-refractivity contribution < 1.29 is 18.8 Å². The zero-order valence-electron chi connectivity index (χ0n) is 14.8. The summed E-state index contributed by atoms with van der Waals surface area (Å²) in [4.78, 5) is 12.6. The fourth-order valence-electron chi connectivity index (χ4n) is 3.46. The number of hydrogen-bond acceptors (Lipinski definition) is 5. The second-order valence-corrected chi connectivity index (χ2v) is 6.25. The van der Waals surface area contributed by atoms with Crippen molar-refractivity contribution in [3.8, 4) is 17.1 Å². The molecule has 0 fully saturated rings. The number of nitrogens with zero attached hydrogens (tertiary/aromatic N) is 2. The molecule has 2 aromatic heterocycles. The predicted molar refractivity (Wildman–Crippen MR) is 95.4 cm³/mol. The molecule has 0 N–H and O–H groups in total. The number of ether oxygens (including phenoxy) is 2. The third-order valence-corrected chi connectivity index (χ3v) is 4.70. The number of esters is 1. The summed E-state index contributed by atoms with van der Waals surface area (Å²) < 4.78 is 17.9. The lowest BCUT2D eigenvalue weighted by Crippen LogP contribution is -2.15. The van der Waals surface area contributed by atoms with E-state index in [2.05, 4.69) is 5.16 Å². The van der Waals surface area contributed by atoms with Crippen molar-refractivity contribution in [2.24, 2.45) is 0 Å². The molecular weight excluding hydrogens is 332 g/mol. The third kappa shape index (κ3) is 2.77. The van der Waals surface area contributed by atoms with E-state index in [1.165, 1.54) is 0 Å². The van der Waals surface area contributed by atoms with E-state index in [9.17, 15) is 4.79 Å². The van der Waals surface area contributed by atoms with E-state index in [4.69, 9.17) is 14.0 Å². The van der Waals surface area contributed by atoms with E-state index in [1.807, 2.05) is 42.0 Å². The number of rotatable bonds is 5. The molecular formula is C20H20N2O4. The average molecular weight is 352 g/mol. The summed E-state index contributed by atoms with van der Waals surface area (Å²) in [7, 11) is 1.64. The van der Waals surface area contributed by atoms with Gasteiger partial charge in [-0.1, -0.05) is 17.3 Å². The van der Waals surface area contributed by atoms with Crippen molar-refractivity contribution in [3.63, 3.8) is 0 Å². The standard InChI is InChI=1S/C20H20N2O4/c1-3-25-20(23)18-16-9-6-14-10-21-26-19(14)17(16)12-22(18)11-13-4-7-15(24-2)8-5-13/h4-5,7-8,10,12H,3,6,9,11H2,1-2H3. The smallest absolute Gasteiger partial charge is 0.355 e. The molecule has 1 aliphatic rings. The Hall–Kier alpha value is -3.02. The molecule has 0 aliphatic heterocycles. The van der Waals surface area contributed by atoms with Crippen LogP contribution in [0.15, 0.2) is 41.2 Å². The van der Waals surface area contributed by atoms with Crippen LogP contribution >= 0.6 is 0 Å². The van der Waals surface area contributed by atoms with E-state index in [0.717, 1.165) is 46.6 Å². The third-order valence-electron chi connectivity index (χ3n) is 4.70. The molecule has 0 saturated carbocycles. The molecule has 4 rings (SSSR count). The highest BCUT2D eigenvalue weighted by Crippen LogP contribution is 2.37. The van der Waals surface area contributed by atoms with Crippen LogP contribution in [-0.2, 0) is 24.1 Å². The number of carbonyl (C=O) groups is 1. The van der Waals surface area contributed by atoms with E-state index in [-0.39, 0.29) is 5.97 Å². The Morgan fingerprint density at radius 2 is 2.08 bits per heavy atom. The summed E-state index contributed by atoms with van der Waals surface area (Å²) in [5, 5.41) is 3.91. The zero-order chi connectivity index (χ0) is 18.1. The summed E-state index contributed by atoms with van der Waals surface area (Å²) >= 11 is 0. The molecule has 0 spiro atoms. The number of hydrogen-bond donors (Lipinski definition) is 0. The van der Waals surface area contributed by atoms with Gasteiger partial charge >= 0.3 is 5.97 Å². The Bertz CT molecular complexity index is 937. The molecule has 0 amide bonds. The van der Waals surface area contributed by atoms with Crippen molar-refractivity contribution in [3.05, 3.63) is 59.0 Å². The molecule has 1 aliphatic carbocycles. The van der Waals surface area contributed by atoms with Gasteiger partial charge in [0, 0.05) is 23.9 Å². The molecule has 0 radical (unpaired) electrons. The fourth-order valence-corrected chi connectivity index (χ4v) is 3.46. The van der Waals surface area contributed by atoms with Gasteiger partial charge in [-0.2, -0.15) is 0 Å². The van der Waals surface area contributed by atoms with Crippen LogP contribution in [0.1, 0.15) is 34.1 Å². The maximum Gasteiger partial charge on any atom is 0.355 e. The number of carbonyl (C=O) groups excluding carboxylic acids is 1. The molecule has 0 bridgehead atoms. The molecule has 0 unspecified atom stereocenters. The highest BCUT2D eigenvalue weighted by molar-refractivity contribution is 5.93. The number of aromatic nitrogens is 2. The van der Waals surface area contributed by atoms with E-state index < -0.39 is 0 Å². The lowest BCUT2D eigenvalue weighted by Gasteiger charge is -2.13. The lowest BCUT2D eigenvalue weighted by molar-refractivity contribution is 0.0513. The van der Waals surface area contributed by atoms with Gasteiger partial charge in [0.15, 0.2) is 5.76 Å². The Kier molecular flexibility index (Phi) is 4.24. The first-order valence-corrected chi connectivity index (χ1v) is 8.67.